The Hall–Kier alpha value is -1.75. The van der Waals surface area contributed by atoms with E-state index in [2.05, 4.69) is 5.32 Å². The summed E-state index contributed by atoms with van der Waals surface area (Å²) in [7, 11) is 0. The van der Waals surface area contributed by atoms with Gasteiger partial charge in [-0.2, -0.15) is 0 Å². The average Bonchev–Trinajstić information content (AvgIpc) is 2.48. The lowest BCUT2D eigenvalue weighted by atomic mass is 10.1. The van der Waals surface area contributed by atoms with Gasteiger partial charge >= 0.3 is 0 Å². The Morgan fingerprint density at radius 3 is 2.76 bits per heavy atom. The summed E-state index contributed by atoms with van der Waals surface area (Å²) in [5, 5.41) is 2.83. The van der Waals surface area contributed by atoms with Crippen molar-refractivity contribution in [1.82, 2.24) is 5.32 Å². The second-order valence-corrected chi connectivity index (χ2v) is 4.77. The predicted molar refractivity (Wildman–Crippen MR) is 83.8 cm³/mol. The van der Waals surface area contributed by atoms with E-state index in [1.54, 1.807) is 6.92 Å². The van der Waals surface area contributed by atoms with Crippen molar-refractivity contribution in [1.29, 1.82) is 0 Å². The largest absolute Gasteiger partial charge is 0.490 e. The monoisotopic (exact) mass is 294 g/mol. The summed E-state index contributed by atoms with van der Waals surface area (Å²) in [4.78, 5) is 11.9. The van der Waals surface area contributed by atoms with E-state index in [1.165, 1.54) is 0 Å². The van der Waals surface area contributed by atoms with E-state index in [9.17, 15) is 4.79 Å². The first kappa shape index (κ1) is 17.3. The maximum atomic E-state index is 11.9. The lowest BCUT2D eigenvalue weighted by molar-refractivity contribution is -0.127. The first-order valence-electron chi connectivity index (χ1n) is 7.53. The van der Waals surface area contributed by atoms with Crippen LogP contribution < -0.4 is 20.5 Å². The van der Waals surface area contributed by atoms with Crippen molar-refractivity contribution in [2.24, 2.45) is 5.73 Å². The van der Waals surface area contributed by atoms with Crippen molar-refractivity contribution < 1.29 is 14.3 Å². The highest BCUT2D eigenvalue weighted by atomic mass is 16.5. The van der Waals surface area contributed by atoms with Crippen LogP contribution in [0.25, 0.3) is 0 Å². The third kappa shape index (κ3) is 5.27. The second kappa shape index (κ2) is 9.23. The van der Waals surface area contributed by atoms with Crippen LogP contribution in [-0.2, 0) is 11.2 Å². The predicted octanol–water partition coefficient (Wildman–Crippen LogP) is 1.88. The lowest BCUT2D eigenvalue weighted by Crippen LogP contribution is -2.36. The van der Waals surface area contributed by atoms with Crippen LogP contribution in [-0.4, -0.2) is 31.7 Å². The Morgan fingerprint density at radius 2 is 2.14 bits per heavy atom. The minimum atomic E-state index is -0.574. The zero-order chi connectivity index (χ0) is 15.7. The SMILES string of the molecule is CCCNC(=O)C(C)Oc1c(CCN)cccc1OCC. The summed E-state index contributed by atoms with van der Waals surface area (Å²) >= 11 is 0. The molecule has 0 radical (unpaired) electrons. The van der Waals surface area contributed by atoms with Gasteiger partial charge in [0.1, 0.15) is 0 Å². The number of amides is 1. The fraction of sp³-hybridized carbons (Fsp3) is 0.562. The third-order valence-electron chi connectivity index (χ3n) is 2.99. The molecule has 1 amide bonds. The molecule has 1 atom stereocenters. The fourth-order valence-corrected chi connectivity index (χ4v) is 1.94. The number of carbonyl (C=O) groups excluding carboxylic acids is 1. The molecule has 0 saturated heterocycles. The van der Waals surface area contributed by atoms with Gasteiger partial charge < -0.3 is 20.5 Å². The number of ether oxygens (including phenoxy) is 2. The molecule has 0 saturated carbocycles. The number of rotatable bonds is 9. The maximum Gasteiger partial charge on any atom is 0.260 e. The fourth-order valence-electron chi connectivity index (χ4n) is 1.94. The molecular weight excluding hydrogens is 268 g/mol. The molecule has 118 valence electrons. The molecule has 5 nitrogen and oxygen atoms in total. The minimum Gasteiger partial charge on any atom is -0.490 e. The Bertz CT molecular complexity index is 425. The van der Waals surface area contributed by atoms with E-state index >= 15 is 0 Å². The summed E-state index contributed by atoms with van der Waals surface area (Å²) in [6, 6.07) is 5.70. The molecular formula is C16H26N2O3. The van der Waals surface area contributed by atoms with E-state index in [1.807, 2.05) is 32.0 Å². The molecule has 0 aliphatic carbocycles. The standard InChI is InChI=1S/C16H26N2O3/c1-4-11-18-16(19)12(3)21-15-13(9-10-17)7-6-8-14(15)20-5-2/h6-8,12H,4-5,9-11,17H2,1-3H3,(H,18,19). The van der Waals surface area contributed by atoms with Gasteiger partial charge in [-0.1, -0.05) is 19.1 Å². The number of benzene rings is 1. The molecule has 0 bridgehead atoms. The summed E-state index contributed by atoms with van der Waals surface area (Å²) < 4.78 is 11.4. The molecule has 0 heterocycles. The minimum absolute atomic E-state index is 0.123. The molecule has 21 heavy (non-hydrogen) atoms. The normalized spacial score (nSPS) is 11.8. The van der Waals surface area contributed by atoms with E-state index in [4.69, 9.17) is 15.2 Å². The lowest BCUT2D eigenvalue weighted by Gasteiger charge is -2.19. The van der Waals surface area contributed by atoms with Crippen molar-refractivity contribution in [2.45, 2.75) is 39.7 Å². The van der Waals surface area contributed by atoms with Gasteiger partial charge in [0.25, 0.3) is 5.91 Å². The molecule has 1 unspecified atom stereocenters. The van der Waals surface area contributed by atoms with Gasteiger partial charge in [0.05, 0.1) is 6.61 Å². The Kier molecular flexibility index (Phi) is 7.61. The first-order chi connectivity index (χ1) is 10.1. The van der Waals surface area contributed by atoms with E-state index in [0.717, 1.165) is 12.0 Å². The summed E-state index contributed by atoms with van der Waals surface area (Å²) in [5.41, 5.74) is 6.59. The average molecular weight is 294 g/mol. The van der Waals surface area contributed by atoms with Gasteiger partial charge in [-0.05, 0) is 44.9 Å². The zero-order valence-corrected chi connectivity index (χ0v) is 13.1. The molecule has 5 heteroatoms. The second-order valence-electron chi connectivity index (χ2n) is 4.77. The molecule has 0 aromatic heterocycles. The molecule has 3 N–H and O–H groups in total. The van der Waals surface area contributed by atoms with Gasteiger partial charge in [-0.25, -0.2) is 0 Å². The van der Waals surface area contributed by atoms with Gasteiger partial charge in [0, 0.05) is 6.54 Å². The van der Waals surface area contributed by atoms with Crippen LogP contribution in [0.15, 0.2) is 18.2 Å². The van der Waals surface area contributed by atoms with Crippen molar-refractivity contribution >= 4 is 5.91 Å². The number of nitrogens with two attached hydrogens (primary N) is 1. The number of hydrogen-bond acceptors (Lipinski definition) is 4. The van der Waals surface area contributed by atoms with Crippen LogP contribution in [0.3, 0.4) is 0 Å². The summed E-state index contributed by atoms with van der Waals surface area (Å²) in [6.07, 6.45) is 1.00. The molecule has 0 spiro atoms. The van der Waals surface area contributed by atoms with Crippen molar-refractivity contribution in [3.63, 3.8) is 0 Å². The molecule has 0 aliphatic rings. The van der Waals surface area contributed by atoms with Crippen molar-refractivity contribution in [3.05, 3.63) is 23.8 Å². The molecule has 1 rings (SSSR count). The number of nitrogens with one attached hydrogen (secondary N) is 1. The highest BCUT2D eigenvalue weighted by Crippen LogP contribution is 2.32. The third-order valence-corrected chi connectivity index (χ3v) is 2.99. The van der Waals surface area contributed by atoms with Gasteiger partial charge in [0.15, 0.2) is 17.6 Å². The van der Waals surface area contributed by atoms with Gasteiger partial charge in [-0.15, -0.1) is 0 Å². The first-order valence-corrected chi connectivity index (χ1v) is 7.53. The topological polar surface area (TPSA) is 73.6 Å². The Balaban J connectivity index is 2.90. The Morgan fingerprint density at radius 1 is 1.38 bits per heavy atom. The summed E-state index contributed by atoms with van der Waals surface area (Å²) in [5.74, 6) is 1.14. The number of carbonyl (C=O) groups is 1. The van der Waals surface area contributed by atoms with Crippen LogP contribution >= 0.6 is 0 Å². The van der Waals surface area contributed by atoms with Crippen LogP contribution in [0.4, 0.5) is 0 Å². The number of hydrogen-bond donors (Lipinski definition) is 2. The quantitative estimate of drug-likeness (QED) is 0.729. The smallest absolute Gasteiger partial charge is 0.260 e. The zero-order valence-electron chi connectivity index (χ0n) is 13.1. The van der Waals surface area contributed by atoms with Gasteiger partial charge in [0.2, 0.25) is 0 Å². The van der Waals surface area contributed by atoms with Crippen LogP contribution in [0, 0.1) is 0 Å². The molecule has 0 fully saturated rings. The van der Waals surface area contributed by atoms with Crippen LogP contribution in [0.2, 0.25) is 0 Å². The molecule has 1 aromatic rings. The highest BCUT2D eigenvalue weighted by Gasteiger charge is 2.18. The summed E-state index contributed by atoms with van der Waals surface area (Å²) in [6.45, 7) is 7.36. The Labute approximate surface area is 126 Å². The van der Waals surface area contributed by atoms with Crippen molar-refractivity contribution in [3.8, 4) is 11.5 Å². The van der Waals surface area contributed by atoms with E-state index in [0.29, 0.717) is 37.6 Å². The van der Waals surface area contributed by atoms with Crippen LogP contribution in [0.5, 0.6) is 11.5 Å². The van der Waals surface area contributed by atoms with E-state index < -0.39 is 6.10 Å². The van der Waals surface area contributed by atoms with Crippen molar-refractivity contribution in [2.75, 3.05) is 19.7 Å². The number of para-hydroxylation sites is 1. The van der Waals surface area contributed by atoms with E-state index in [-0.39, 0.29) is 5.91 Å². The van der Waals surface area contributed by atoms with Gasteiger partial charge in [-0.3, -0.25) is 4.79 Å². The van der Waals surface area contributed by atoms with Crippen LogP contribution in [0.1, 0.15) is 32.8 Å². The molecule has 0 aliphatic heterocycles. The molecule has 1 aromatic carbocycles. The highest BCUT2D eigenvalue weighted by molar-refractivity contribution is 5.80. The maximum absolute atomic E-state index is 11.9.